The molecule has 5 heteroatoms. The summed E-state index contributed by atoms with van der Waals surface area (Å²) in [7, 11) is 0. The van der Waals surface area contributed by atoms with Gasteiger partial charge in [-0.1, -0.05) is 15.9 Å². The van der Waals surface area contributed by atoms with Crippen molar-refractivity contribution in [1.29, 1.82) is 0 Å². The van der Waals surface area contributed by atoms with E-state index in [4.69, 9.17) is 0 Å². The SMILES string of the molecule is O=C(/C=C/c1cncs1)c1c[nH]c2ccc(Br)cc12. The smallest absolute Gasteiger partial charge is 0.188 e. The Hall–Kier alpha value is -1.72. The molecule has 0 atom stereocenters. The first-order valence-corrected chi connectivity index (χ1v) is 7.29. The van der Waals surface area contributed by atoms with Gasteiger partial charge in [-0.15, -0.1) is 11.3 Å². The van der Waals surface area contributed by atoms with E-state index in [-0.39, 0.29) is 5.78 Å². The van der Waals surface area contributed by atoms with Gasteiger partial charge in [0.15, 0.2) is 5.78 Å². The number of fused-ring (bicyclic) bond motifs is 1. The third-order valence-corrected chi connectivity index (χ3v) is 3.99. The Morgan fingerprint density at radius 1 is 1.42 bits per heavy atom. The lowest BCUT2D eigenvalue weighted by Crippen LogP contribution is -1.91. The molecular weight excluding hydrogens is 324 g/mol. The van der Waals surface area contributed by atoms with E-state index in [0.29, 0.717) is 5.56 Å². The lowest BCUT2D eigenvalue weighted by Gasteiger charge is -1.95. The maximum Gasteiger partial charge on any atom is 0.188 e. The molecule has 2 aromatic heterocycles. The second-order valence-corrected chi connectivity index (χ2v) is 5.83. The lowest BCUT2D eigenvalue weighted by atomic mass is 10.1. The third kappa shape index (κ3) is 2.52. The Bertz CT molecular complexity index is 759. The predicted octanol–water partition coefficient (Wildman–Crippen LogP) is 4.28. The molecule has 2 heterocycles. The van der Waals surface area contributed by atoms with Crippen LogP contribution in [0.4, 0.5) is 0 Å². The van der Waals surface area contributed by atoms with Gasteiger partial charge < -0.3 is 4.98 Å². The minimum Gasteiger partial charge on any atom is -0.360 e. The largest absolute Gasteiger partial charge is 0.360 e. The Balaban J connectivity index is 1.95. The van der Waals surface area contributed by atoms with Crippen LogP contribution in [0.3, 0.4) is 0 Å². The van der Waals surface area contributed by atoms with Crippen LogP contribution in [-0.4, -0.2) is 15.8 Å². The first-order chi connectivity index (χ1) is 9.24. The molecule has 1 N–H and O–H groups in total. The highest BCUT2D eigenvalue weighted by Gasteiger charge is 2.09. The van der Waals surface area contributed by atoms with Gasteiger partial charge in [-0.05, 0) is 30.4 Å². The summed E-state index contributed by atoms with van der Waals surface area (Å²) in [5, 5.41) is 0.924. The summed E-state index contributed by atoms with van der Waals surface area (Å²) in [5.74, 6) is -0.0160. The van der Waals surface area contributed by atoms with E-state index in [1.165, 1.54) is 11.3 Å². The molecule has 0 aliphatic heterocycles. The molecule has 0 bridgehead atoms. The van der Waals surface area contributed by atoms with E-state index >= 15 is 0 Å². The zero-order chi connectivity index (χ0) is 13.2. The van der Waals surface area contributed by atoms with Crippen molar-refractivity contribution in [3.05, 3.63) is 57.1 Å². The molecule has 3 aromatic rings. The molecule has 94 valence electrons. The summed E-state index contributed by atoms with van der Waals surface area (Å²) >= 11 is 4.92. The molecule has 0 unspecified atom stereocenters. The van der Waals surface area contributed by atoms with Crippen molar-refractivity contribution >= 4 is 50.0 Å². The summed E-state index contributed by atoms with van der Waals surface area (Å²) in [6.45, 7) is 0. The maximum absolute atomic E-state index is 12.2. The van der Waals surface area contributed by atoms with Crippen molar-refractivity contribution in [2.75, 3.05) is 0 Å². The molecule has 1 aromatic carbocycles. The Labute approximate surface area is 122 Å². The molecule has 0 spiro atoms. The normalized spacial score (nSPS) is 11.4. The molecule has 0 saturated carbocycles. The van der Waals surface area contributed by atoms with Crippen molar-refractivity contribution in [2.24, 2.45) is 0 Å². The summed E-state index contributed by atoms with van der Waals surface area (Å²) in [6, 6.07) is 5.84. The van der Waals surface area contributed by atoms with Crippen LogP contribution >= 0.6 is 27.3 Å². The van der Waals surface area contributed by atoms with Crippen molar-refractivity contribution in [3.8, 4) is 0 Å². The van der Waals surface area contributed by atoms with Crippen molar-refractivity contribution in [3.63, 3.8) is 0 Å². The van der Waals surface area contributed by atoms with Crippen LogP contribution < -0.4 is 0 Å². The molecular formula is C14H9BrN2OS. The van der Waals surface area contributed by atoms with Gasteiger partial charge in [0.05, 0.1) is 5.51 Å². The number of rotatable bonds is 3. The van der Waals surface area contributed by atoms with Crippen molar-refractivity contribution < 1.29 is 4.79 Å². The topological polar surface area (TPSA) is 45.8 Å². The Morgan fingerprint density at radius 3 is 3.11 bits per heavy atom. The molecule has 0 aliphatic rings. The van der Waals surface area contributed by atoms with Crippen LogP contribution in [0.5, 0.6) is 0 Å². The molecule has 0 aliphatic carbocycles. The number of ketones is 1. The standard InChI is InChI=1S/C14H9BrN2OS/c15-9-1-3-13-11(5-9)12(7-17-13)14(18)4-2-10-6-16-8-19-10/h1-8,17H/b4-2+. The van der Waals surface area contributed by atoms with Crippen LogP contribution in [-0.2, 0) is 0 Å². The second kappa shape index (κ2) is 5.11. The Kier molecular flexibility index (Phi) is 3.31. The summed E-state index contributed by atoms with van der Waals surface area (Å²) in [4.78, 5) is 20.2. The Morgan fingerprint density at radius 2 is 2.32 bits per heavy atom. The number of halogens is 1. The molecule has 0 radical (unpaired) electrons. The minimum atomic E-state index is -0.0160. The number of thiazole rings is 1. The lowest BCUT2D eigenvalue weighted by molar-refractivity contribution is 0.104. The van der Waals surface area contributed by atoms with Crippen LogP contribution in [0.15, 0.2) is 46.7 Å². The van der Waals surface area contributed by atoms with Crippen LogP contribution in [0.25, 0.3) is 17.0 Å². The monoisotopic (exact) mass is 332 g/mol. The highest BCUT2D eigenvalue weighted by molar-refractivity contribution is 9.10. The summed E-state index contributed by atoms with van der Waals surface area (Å²) in [6.07, 6.45) is 6.85. The second-order valence-electron chi connectivity index (χ2n) is 3.99. The van der Waals surface area contributed by atoms with E-state index < -0.39 is 0 Å². The number of carbonyl (C=O) groups excluding carboxylic acids is 1. The number of nitrogens with one attached hydrogen (secondary N) is 1. The van der Waals surface area contributed by atoms with Gasteiger partial charge in [0.2, 0.25) is 0 Å². The predicted molar refractivity (Wildman–Crippen MR) is 81.5 cm³/mol. The highest BCUT2D eigenvalue weighted by Crippen LogP contribution is 2.23. The van der Waals surface area contributed by atoms with Crippen LogP contribution in [0.1, 0.15) is 15.2 Å². The van der Waals surface area contributed by atoms with Gasteiger partial charge in [-0.3, -0.25) is 9.78 Å². The number of hydrogen-bond donors (Lipinski definition) is 1. The maximum atomic E-state index is 12.2. The summed E-state index contributed by atoms with van der Waals surface area (Å²) in [5.41, 5.74) is 3.38. The van der Waals surface area contributed by atoms with E-state index in [9.17, 15) is 4.79 Å². The van der Waals surface area contributed by atoms with E-state index in [0.717, 1.165) is 20.3 Å². The number of H-pyrrole nitrogens is 1. The summed E-state index contributed by atoms with van der Waals surface area (Å²) < 4.78 is 0.958. The number of hydrogen-bond acceptors (Lipinski definition) is 3. The fourth-order valence-electron chi connectivity index (χ4n) is 1.85. The fourth-order valence-corrected chi connectivity index (χ4v) is 2.73. The molecule has 3 nitrogen and oxygen atoms in total. The van der Waals surface area contributed by atoms with Crippen molar-refractivity contribution in [1.82, 2.24) is 9.97 Å². The van der Waals surface area contributed by atoms with Gasteiger partial charge in [0.1, 0.15) is 0 Å². The fraction of sp³-hybridized carbons (Fsp3) is 0. The first-order valence-electron chi connectivity index (χ1n) is 5.61. The van der Waals surface area contributed by atoms with Gasteiger partial charge >= 0.3 is 0 Å². The average molecular weight is 333 g/mol. The zero-order valence-corrected chi connectivity index (χ0v) is 12.2. The van der Waals surface area contributed by atoms with Gasteiger partial charge in [0.25, 0.3) is 0 Å². The number of benzene rings is 1. The van der Waals surface area contributed by atoms with E-state index in [1.807, 2.05) is 18.2 Å². The van der Waals surface area contributed by atoms with Crippen LogP contribution in [0.2, 0.25) is 0 Å². The van der Waals surface area contributed by atoms with Gasteiger partial charge in [-0.25, -0.2) is 0 Å². The van der Waals surface area contributed by atoms with Crippen LogP contribution in [0, 0.1) is 0 Å². The quantitative estimate of drug-likeness (QED) is 0.574. The minimum absolute atomic E-state index is 0.0160. The third-order valence-electron chi connectivity index (χ3n) is 2.76. The number of allylic oxidation sites excluding steroid dienone is 1. The van der Waals surface area contributed by atoms with E-state index in [2.05, 4.69) is 25.9 Å². The van der Waals surface area contributed by atoms with Crippen molar-refractivity contribution in [2.45, 2.75) is 0 Å². The molecule has 19 heavy (non-hydrogen) atoms. The molecule has 0 amide bonds. The number of nitrogens with zero attached hydrogens (tertiary/aromatic N) is 1. The van der Waals surface area contributed by atoms with E-state index in [1.54, 1.807) is 30.1 Å². The number of aromatic amines is 1. The molecule has 3 rings (SSSR count). The van der Waals surface area contributed by atoms with Gasteiger partial charge in [0, 0.05) is 38.2 Å². The first kappa shape index (κ1) is 12.3. The number of aromatic nitrogens is 2. The molecule has 0 fully saturated rings. The number of carbonyl (C=O) groups is 1. The zero-order valence-electron chi connectivity index (χ0n) is 9.76. The average Bonchev–Trinajstić information content (AvgIpc) is 3.04. The highest BCUT2D eigenvalue weighted by atomic mass is 79.9. The molecule has 0 saturated heterocycles. The van der Waals surface area contributed by atoms with Gasteiger partial charge in [-0.2, -0.15) is 0 Å².